The normalized spacial score (nSPS) is 13.5. The molecule has 1 saturated heterocycles. The van der Waals surface area contributed by atoms with Crippen LogP contribution in [-0.4, -0.2) is 68.8 Å². The molecule has 41 heavy (non-hydrogen) atoms. The van der Waals surface area contributed by atoms with Crippen molar-refractivity contribution in [2.75, 3.05) is 33.4 Å². The lowest BCUT2D eigenvalue weighted by atomic mass is 9.96. The van der Waals surface area contributed by atoms with Crippen LogP contribution in [0, 0.1) is 5.82 Å². The van der Waals surface area contributed by atoms with Crippen molar-refractivity contribution < 1.29 is 23.0 Å². The van der Waals surface area contributed by atoms with Crippen molar-refractivity contribution in [2.24, 2.45) is 0 Å². The van der Waals surface area contributed by atoms with Gasteiger partial charge in [0, 0.05) is 71.0 Å². The number of pyridine rings is 1. The van der Waals surface area contributed by atoms with Gasteiger partial charge in [0.15, 0.2) is 6.80 Å². The van der Waals surface area contributed by atoms with Gasteiger partial charge < -0.3 is 14.4 Å². The zero-order valence-electron chi connectivity index (χ0n) is 22.2. The first-order chi connectivity index (χ1) is 20.0. The largest absolute Gasteiger partial charge is 0.490 e. The van der Waals surface area contributed by atoms with Crippen LogP contribution in [0.4, 0.5) is 8.78 Å². The summed E-state index contributed by atoms with van der Waals surface area (Å²) in [6, 6.07) is 6.41. The molecule has 1 amide bonds. The van der Waals surface area contributed by atoms with Crippen LogP contribution in [0.5, 0.6) is 5.75 Å². The average molecular weight is 577 g/mol. The maximum atomic E-state index is 14.4. The molecule has 0 bridgehead atoms. The van der Waals surface area contributed by atoms with E-state index in [1.54, 1.807) is 36.7 Å². The van der Waals surface area contributed by atoms with Crippen LogP contribution >= 0.6 is 11.3 Å². The number of rotatable bonds is 10. The van der Waals surface area contributed by atoms with Crippen molar-refractivity contribution in [3.8, 4) is 39.4 Å². The summed E-state index contributed by atoms with van der Waals surface area (Å²) in [4.78, 5) is 18.7. The molecule has 0 unspecified atom stereocenters. The second-order valence-electron chi connectivity index (χ2n) is 9.53. The maximum absolute atomic E-state index is 14.4. The van der Waals surface area contributed by atoms with E-state index in [-0.39, 0.29) is 18.6 Å². The third-order valence-electron chi connectivity index (χ3n) is 6.99. The molecule has 1 aliphatic rings. The van der Waals surface area contributed by atoms with E-state index in [1.165, 1.54) is 34.2 Å². The van der Waals surface area contributed by atoms with Crippen molar-refractivity contribution in [2.45, 2.75) is 12.8 Å². The van der Waals surface area contributed by atoms with Gasteiger partial charge in [-0.15, -0.1) is 11.3 Å². The summed E-state index contributed by atoms with van der Waals surface area (Å²) < 4.78 is 42.8. The Bertz CT molecular complexity index is 1740. The Morgan fingerprint density at radius 3 is 2.71 bits per heavy atom. The Morgan fingerprint density at radius 1 is 1.15 bits per heavy atom. The van der Waals surface area contributed by atoms with Crippen molar-refractivity contribution in [1.82, 2.24) is 29.4 Å². The predicted octanol–water partition coefficient (Wildman–Crippen LogP) is 5.35. The van der Waals surface area contributed by atoms with E-state index >= 15 is 0 Å². The summed E-state index contributed by atoms with van der Waals surface area (Å²) in [5, 5.41) is 11.5. The van der Waals surface area contributed by atoms with E-state index in [0.29, 0.717) is 48.0 Å². The summed E-state index contributed by atoms with van der Waals surface area (Å²) >= 11 is 1.52. The van der Waals surface area contributed by atoms with Gasteiger partial charge in [0.1, 0.15) is 18.2 Å². The molecule has 6 rings (SSSR count). The Morgan fingerprint density at radius 2 is 1.95 bits per heavy atom. The number of halogens is 2. The number of hydrogen-bond acceptors (Lipinski definition) is 7. The number of amides is 1. The molecule has 1 fully saturated rings. The molecule has 5 aromatic rings. The molecular weight excluding hydrogens is 550 g/mol. The van der Waals surface area contributed by atoms with Crippen molar-refractivity contribution >= 4 is 27.3 Å². The smallest absolute Gasteiger partial charge is 0.246 e. The first-order valence-corrected chi connectivity index (χ1v) is 13.8. The molecule has 0 aliphatic carbocycles. The number of thiophene rings is 1. The number of benzene rings is 1. The van der Waals surface area contributed by atoms with Crippen LogP contribution in [-0.2, 0) is 16.3 Å². The summed E-state index contributed by atoms with van der Waals surface area (Å²) in [5.41, 5.74) is 4.08. The van der Waals surface area contributed by atoms with Gasteiger partial charge >= 0.3 is 0 Å². The monoisotopic (exact) mass is 576 g/mol. The van der Waals surface area contributed by atoms with Crippen LogP contribution < -0.4 is 4.74 Å². The molecule has 1 aliphatic heterocycles. The van der Waals surface area contributed by atoms with Gasteiger partial charge in [0.05, 0.1) is 36.4 Å². The molecule has 0 spiro atoms. The second kappa shape index (κ2) is 11.2. The van der Waals surface area contributed by atoms with E-state index < -0.39 is 12.6 Å². The van der Waals surface area contributed by atoms with E-state index in [2.05, 4.69) is 16.8 Å². The minimum absolute atomic E-state index is 0.0163. The van der Waals surface area contributed by atoms with Gasteiger partial charge in [-0.05, 0) is 29.7 Å². The quantitative estimate of drug-likeness (QED) is 0.165. The SMILES string of the molecule is C=CC(=O)N1CC(n2cc(-c3nc(-c4cnn(CF)c4)c4ccsc4c3-c3ccc(F)cc3OCCOC)cn2)C1. The number of hydrogen-bond donors (Lipinski definition) is 0. The molecular formula is C29H26F2N6O3S. The van der Waals surface area contributed by atoms with Crippen LogP contribution in [0.1, 0.15) is 6.04 Å². The van der Waals surface area contributed by atoms with E-state index in [0.717, 1.165) is 21.2 Å². The summed E-state index contributed by atoms with van der Waals surface area (Å²) in [6.45, 7) is 4.43. The fourth-order valence-corrected chi connectivity index (χ4v) is 5.86. The molecule has 4 aromatic heterocycles. The molecule has 0 radical (unpaired) electrons. The fraction of sp³-hybridized carbons (Fsp3) is 0.241. The lowest BCUT2D eigenvalue weighted by molar-refractivity contribution is -0.131. The van der Waals surface area contributed by atoms with Gasteiger partial charge in [-0.3, -0.25) is 9.48 Å². The number of fused-ring (bicyclic) bond motifs is 1. The van der Waals surface area contributed by atoms with Gasteiger partial charge in [-0.2, -0.15) is 10.2 Å². The molecule has 0 atom stereocenters. The molecule has 0 saturated carbocycles. The highest BCUT2D eigenvalue weighted by Gasteiger charge is 2.32. The van der Waals surface area contributed by atoms with Gasteiger partial charge in [-0.1, -0.05) is 6.58 Å². The standard InChI is InChI=1S/C29H26F2N6O3S/c1-3-25(38)35-15-21(16-35)37-14-19(12-33-37)28-26(22-5-4-20(31)10-24(22)40-8-7-39-2)29-23(6-9-41-29)27(34-28)18-11-32-36(13-18)17-30/h3-6,9-14,21H,1,7-8,15-17H2,2H3. The summed E-state index contributed by atoms with van der Waals surface area (Å²) in [5.74, 6) is -0.177. The van der Waals surface area contributed by atoms with Crippen molar-refractivity contribution in [3.63, 3.8) is 0 Å². The Balaban J connectivity index is 1.51. The minimum Gasteiger partial charge on any atom is -0.490 e. The molecule has 1 aromatic carbocycles. The third kappa shape index (κ3) is 5.00. The zero-order valence-corrected chi connectivity index (χ0v) is 23.0. The number of methoxy groups -OCH3 is 1. The van der Waals surface area contributed by atoms with Crippen LogP contribution in [0.2, 0.25) is 0 Å². The molecule has 12 heteroatoms. The highest BCUT2D eigenvalue weighted by atomic mass is 32.1. The van der Waals surface area contributed by atoms with E-state index in [1.807, 2.05) is 22.3 Å². The lowest BCUT2D eigenvalue weighted by Crippen LogP contribution is -2.50. The Hall–Kier alpha value is -4.42. The number of alkyl halides is 1. The van der Waals surface area contributed by atoms with Crippen LogP contribution in [0.15, 0.2) is 67.1 Å². The number of likely N-dealkylation sites (tertiary alicyclic amines) is 1. The van der Waals surface area contributed by atoms with Gasteiger partial charge in [-0.25, -0.2) is 18.4 Å². The van der Waals surface area contributed by atoms with Crippen molar-refractivity contribution in [3.05, 3.63) is 72.9 Å². The summed E-state index contributed by atoms with van der Waals surface area (Å²) in [6.07, 6.45) is 8.13. The van der Waals surface area contributed by atoms with Gasteiger partial charge in [0.25, 0.3) is 0 Å². The number of nitrogens with zero attached hydrogens (tertiary/aromatic N) is 6. The number of aromatic nitrogens is 5. The first-order valence-electron chi connectivity index (χ1n) is 12.9. The number of carbonyl (C=O) groups is 1. The third-order valence-corrected chi connectivity index (χ3v) is 7.92. The van der Waals surface area contributed by atoms with Crippen LogP contribution in [0.3, 0.4) is 0 Å². The van der Waals surface area contributed by atoms with E-state index in [9.17, 15) is 13.6 Å². The van der Waals surface area contributed by atoms with Crippen molar-refractivity contribution in [1.29, 1.82) is 0 Å². The maximum Gasteiger partial charge on any atom is 0.246 e. The second-order valence-corrected chi connectivity index (χ2v) is 10.4. The van der Waals surface area contributed by atoms with E-state index in [4.69, 9.17) is 14.5 Å². The highest BCUT2D eigenvalue weighted by molar-refractivity contribution is 7.18. The Kier molecular flexibility index (Phi) is 7.33. The highest BCUT2D eigenvalue weighted by Crippen LogP contribution is 2.46. The average Bonchev–Trinajstić information content (AvgIpc) is 3.73. The lowest BCUT2D eigenvalue weighted by Gasteiger charge is -2.38. The molecule has 9 nitrogen and oxygen atoms in total. The van der Waals surface area contributed by atoms with Gasteiger partial charge in [0.2, 0.25) is 5.91 Å². The number of ether oxygens (including phenoxy) is 2. The summed E-state index contributed by atoms with van der Waals surface area (Å²) in [7, 11) is 1.57. The predicted molar refractivity (Wildman–Crippen MR) is 152 cm³/mol. The minimum atomic E-state index is -0.755. The Labute approximate surface area is 238 Å². The zero-order chi connectivity index (χ0) is 28.5. The molecule has 5 heterocycles. The number of carbonyl (C=O) groups excluding carboxylic acids is 1. The first kappa shape index (κ1) is 26.8. The molecule has 210 valence electrons. The topological polar surface area (TPSA) is 87.3 Å². The van der Waals surface area contributed by atoms with Crippen LogP contribution in [0.25, 0.3) is 43.7 Å². The fourth-order valence-electron chi connectivity index (χ4n) is 4.90. The molecule has 0 N–H and O–H groups in total.